The number of nitrogens with one attached hydrogen (secondary N) is 2. The zero-order chi connectivity index (χ0) is 17.6. The van der Waals surface area contributed by atoms with E-state index < -0.39 is 16.0 Å². The molecule has 1 aromatic carbocycles. The smallest absolute Gasteiger partial charge is 0.337 e. The van der Waals surface area contributed by atoms with Crippen molar-refractivity contribution in [2.45, 2.75) is 18.2 Å². The number of nitrogens with zero attached hydrogens (tertiary/aromatic N) is 1. The van der Waals surface area contributed by atoms with Crippen LogP contribution in [-0.2, 0) is 14.8 Å². The third-order valence-corrected chi connectivity index (χ3v) is 5.65. The second kappa shape index (κ2) is 11.7. The molecule has 0 bridgehead atoms. The van der Waals surface area contributed by atoms with Crippen molar-refractivity contribution in [2.24, 2.45) is 0 Å². The minimum atomic E-state index is -3.65. The van der Waals surface area contributed by atoms with E-state index in [0.29, 0.717) is 12.1 Å². The monoisotopic (exact) mass is 427 g/mol. The Bertz CT molecular complexity index is 680. The summed E-state index contributed by atoms with van der Waals surface area (Å²) in [5, 5.41) is 3.29. The number of methoxy groups -OCH3 is 1. The van der Waals surface area contributed by atoms with Gasteiger partial charge in [-0.2, -0.15) is 0 Å². The molecule has 1 aliphatic rings. The summed E-state index contributed by atoms with van der Waals surface area (Å²) in [4.78, 5) is 14.0. The van der Waals surface area contributed by atoms with Crippen LogP contribution in [0.4, 0.5) is 0 Å². The van der Waals surface area contributed by atoms with Gasteiger partial charge >= 0.3 is 5.97 Å². The second-order valence-corrected chi connectivity index (χ2v) is 7.55. The molecule has 1 fully saturated rings. The van der Waals surface area contributed by atoms with Crippen molar-refractivity contribution in [3.05, 3.63) is 29.3 Å². The highest BCUT2D eigenvalue weighted by Gasteiger charge is 2.19. The number of carbonyl (C=O) groups is 1. The maximum absolute atomic E-state index is 12.5. The number of hydrogen-bond donors (Lipinski definition) is 2. The fourth-order valence-corrected chi connectivity index (χ4v) is 4.00. The first-order chi connectivity index (χ1) is 11.4. The van der Waals surface area contributed by atoms with Crippen LogP contribution in [0, 0.1) is 6.92 Å². The van der Waals surface area contributed by atoms with Crippen molar-refractivity contribution in [1.82, 2.24) is 14.9 Å². The molecule has 0 amide bonds. The molecule has 0 atom stereocenters. The summed E-state index contributed by atoms with van der Waals surface area (Å²) in [5.74, 6) is -0.551. The lowest BCUT2D eigenvalue weighted by Gasteiger charge is -2.27. The molecular formula is C16H27Cl2N3O4S. The number of sulfonamides is 1. The van der Waals surface area contributed by atoms with Crippen LogP contribution in [0.3, 0.4) is 0 Å². The molecule has 0 radical (unpaired) electrons. The van der Waals surface area contributed by atoms with Crippen molar-refractivity contribution >= 4 is 40.8 Å². The van der Waals surface area contributed by atoms with E-state index in [1.807, 2.05) is 0 Å². The van der Waals surface area contributed by atoms with Crippen LogP contribution >= 0.6 is 24.8 Å². The largest absolute Gasteiger partial charge is 0.465 e. The minimum Gasteiger partial charge on any atom is -0.465 e. The predicted molar refractivity (Wildman–Crippen MR) is 106 cm³/mol. The van der Waals surface area contributed by atoms with E-state index in [-0.39, 0.29) is 35.3 Å². The third-order valence-electron chi connectivity index (χ3n) is 4.05. The molecule has 1 aliphatic heterocycles. The second-order valence-electron chi connectivity index (χ2n) is 5.81. The lowest BCUT2D eigenvalue weighted by atomic mass is 10.1. The minimum absolute atomic E-state index is 0. The summed E-state index contributed by atoms with van der Waals surface area (Å²) in [5.41, 5.74) is 0.821. The summed E-state index contributed by atoms with van der Waals surface area (Å²) in [6.07, 6.45) is 0.745. The summed E-state index contributed by atoms with van der Waals surface area (Å²) in [6.45, 7) is 6.88. The van der Waals surface area contributed by atoms with E-state index in [2.05, 4.69) is 19.7 Å². The van der Waals surface area contributed by atoms with Gasteiger partial charge in [-0.1, -0.05) is 6.07 Å². The maximum atomic E-state index is 12.5. The number of benzene rings is 1. The Morgan fingerprint density at radius 2 is 1.92 bits per heavy atom. The van der Waals surface area contributed by atoms with Gasteiger partial charge in [-0.05, 0) is 37.6 Å². The van der Waals surface area contributed by atoms with Crippen molar-refractivity contribution in [2.75, 3.05) is 46.4 Å². The van der Waals surface area contributed by atoms with Gasteiger partial charge in [-0.15, -0.1) is 24.8 Å². The summed E-state index contributed by atoms with van der Waals surface area (Å²) < 4.78 is 32.2. The van der Waals surface area contributed by atoms with E-state index in [1.54, 1.807) is 19.1 Å². The van der Waals surface area contributed by atoms with Crippen LogP contribution in [0.2, 0.25) is 0 Å². The summed E-state index contributed by atoms with van der Waals surface area (Å²) >= 11 is 0. The van der Waals surface area contributed by atoms with Gasteiger partial charge in [0.05, 0.1) is 17.6 Å². The standard InChI is InChI=1S/C16H25N3O4S.2ClH/c1-13-4-5-14(16(20)23-2)12-15(13)24(21,22)18-6-3-9-19-10-7-17-8-11-19;;/h4-5,12,17-18H,3,6-11H2,1-2H3;2*1H. The molecule has 10 heteroatoms. The number of hydrogen-bond acceptors (Lipinski definition) is 6. The number of esters is 1. The van der Waals surface area contributed by atoms with Crippen molar-refractivity contribution in [1.29, 1.82) is 0 Å². The van der Waals surface area contributed by atoms with E-state index in [4.69, 9.17) is 0 Å². The molecule has 1 saturated heterocycles. The van der Waals surface area contributed by atoms with Gasteiger partial charge in [-0.3, -0.25) is 0 Å². The number of rotatable bonds is 7. The first-order valence-electron chi connectivity index (χ1n) is 8.06. The number of aryl methyl sites for hydroxylation is 1. The molecular weight excluding hydrogens is 401 g/mol. The average molecular weight is 428 g/mol. The Labute approximate surface area is 167 Å². The van der Waals surface area contributed by atoms with E-state index in [0.717, 1.165) is 39.1 Å². The Morgan fingerprint density at radius 3 is 2.54 bits per heavy atom. The Morgan fingerprint density at radius 1 is 1.27 bits per heavy atom. The molecule has 2 N–H and O–H groups in total. The third kappa shape index (κ3) is 7.02. The van der Waals surface area contributed by atoms with E-state index in [9.17, 15) is 13.2 Å². The normalized spacial score (nSPS) is 14.8. The van der Waals surface area contributed by atoms with Crippen molar-refractivity contribution in [3.63, 3.8) is 0 Å². The molecule has 0 unspecified atom stereocenters. The molecule has 1 aromatic rings. The molecule has 7 nitrogen and oxygen atoms in total. The number of halogens is 2. The molecule has 0 aliphatic carbocycles. The Hall–Kier alpha value is -0.900. The van der Waals surface area contributed by atoms with Crippen LogP contribution < -0.4 is 10.0 Å². The summed E-state index contributed by atoms with van der Waals surface area (Å²) in [7, 11) is -2.38. The Balaban J connectivity index is 0.00000312. The van der Waals surface area contributed by atoms with Crippen LogP contribution in [0.5, 0.6) is 0 Å². The molecule has 0 saturated carbocycles. The lowest BCUT2D eigenvalue weighted by molar-refractivity contribution is 0.0600. The van der Waals surface area contributed by atoms with E-state index >= 15 is 0 Å². The maximum Gasteiger partial charge on any atom is 0.337 e. The molecule has 0 aromatic heterocycles. The SMILES string of the molecule is COC(=O)c1ccc(C)c(S(=O)(=O)NCCCN2CCNCC2)c1.Cl.Cl. The lowest BCUT2D eigenvalue weighted by Crippen LogP contribution is -2.44. The van der Waals surface area contributed by atoms with Gasteiger partial charge in [0, 0.05) is 32.7 Å². The van der Waals surface area contributed by atoms with Crippen LogP contribution in [0.15, 0.2) is 23.1 Å². The molecule has 26 heavy (non-hydrogen) atoms. The van der Waals surface area contributed by atoms with Gasteiger partial charge in [0.2, 0.25) is 10.0 Å². The summed E-state index contributed by atoms with van der Waals surface area (Å²) in [6, 6.07) is 4.53. The number of ether oxygens (including phenoxy) is 1. The highest BCUT2D eigenvalue weighted by molar-refractivity contribution is 7.89. The van der Waals surface area contributed by atoms with Gasteiger partial charge in [0.25, 0.3) is 0 Å². The van der Waals surface area contributed by atoms with Gasteiger partial charge in [0.1, 0.15) is 0 Å². The van der Waals surface area contributed by atoms with Crippen molar-refractivity contribution in [3.8, 4) is 0 Å². The first kappa shape index (κ1) is 25.1. The fourth-order valence-electron chi connectivity index (χ4n) is 2.66. The van der Waals surface area contributed by atoms with Gasteiger partial charge < -0.3 is 15.0 Å². The predicted octanol–water partition coefficient (Wildman–Crippen LogP) is 1.20. The quantitative estimate of drug-likeness (QED) is 0.501. The highest BCUT2D eigenvalue weighted by Crippen LogP contribution is 2.17. The zero-order valence-corrected chi connectivity index (χ0v) is 17.4. The average Bonchev–Trinajstić information content (AvgIpc) is 2.59. The molecule has 2 rings (SSSR count). The Kier molecular flexibility index (Phi) is 11.3. The van der Waals surface area contributed by atoms with E-state index in [1.165, 1.54) is 13.2 Å². The fraction of sp³-hybridized carbons (Fsp3) is 0.562. The molecule has 0 spiro atoms. The van der Waals surface area contributed by atoms with Crippen LogP contribution in [-0.4, -0.2) is 65.7 Å². The molecule has 150 valence electrons. The highest BCUT2D eigenvalue weighted by atomic mass is 35.5. The van der Waals surface area contributed by atoms with Gasteiger partial charge in [0.15, 0.2) is 0 Å². The molecule has 1 heterocycles. The van der Waals surface area contributed by atoms with Crippen LogP contribution in [0.1, 0.15) is 22.3 Å². The van der Waals surface area contributed by atoms with Crippen LogP contribution in [0.25, 0.3) is 0 Å². The first-order valence-corrected chi connectivity index (χ1v) is 9.54. The zero-order valence-electron chi connectivity index (χ0n) is 15.0. The van der Waals surface area contributed by atoms with Gasteiger partial charge in [-0.25, -0.2) is 17.9 Å². The number of piperazine rings is 1. The topological polar surface area (TPSA) is 87.7 Å². The van der Waals surface area contributed by atoms with Crippen molar-refractivity contribution < 1.29 is 17.9 Å². The number of carbonyl (C=O) groups excluding carboxylic acids is 1.